The standard InChI is InChI=1S/C12H16ClN3O2/c13-10-1-2-11(12(7-10)16(17)18)15-8-9-3-5-14-6-4-9/h1-2,7,9,14-15H,3-6,8H2. The third-order valence-corrected chi connectivity index (χ3v) is 3.43. The van der Waals surface area contributed by atoms with Crippen LogP contribution in [0.4, 0.5) is 11.4 Å². The molecule has 5 nitrogen and oxygen atoms in total. The highest BCUT2D eigenvalue weighted by molar-refractivity contribution is 6.30. The van der Waals surface area contributed by atoms with Crippen LogP contribution in [0.3, 0.4) is 0 Å². The van der Waals surface area contributed by atoms with E-state index in [1.807, 2.05) is 0 Å². The lowest BCUT2D eigenvalue weighted by atomic mass is 9.98. The van der Waals surface area contributed by atoms with Gasteiger partial charge in [-0.1, -0.05) is 11.6 Å². The van der Waals surface area contributed by atoms with Gasteiger partial charge in [0.05, 0.1) is 4.92 Å². The van der Waals surface area contributed by atoms with Crippen LogP contribution in [-0.2, 0) is 0 Å². The summed E-state index contributed by atoms with van der Waals surface area (Å²) in [7, 11) is 0. The number of benzene rings is 1. The Bertz CT molecular complexity index is 433. The van der Waals surface area contributed by atoms with Gasteiger partial charge in [0.1, 0.15) is 5.69 Å². The molecule has 0 atom stereocenters. The third kappa shape index (κ3) is 3.34. The lowest BCUT2D eigenvalue weighted by Crippen LogP contribution is -2.31. The van der Waals surface area contributed by atoms with Crippen LogP contribution in [0.1, 0.15) is 12.8 Å². The molecular formula is C12H16ClN3O2. The zero-order valence-corrected chi connectivity index (χ0v) is 10.7. The minimum atomic E-state index is -0.406. The summed E-state index contributed by atoms with van der Waals surface area (Å²) in [6.45, 7) is 2.81. The number of halogens is 1. The van der Waals surface area contributed by atoms with Gasteiger partial charge in [0.2, 0.25) is 0 Å². The van der Waals surface area contributed by atoms with E-state index in [0.29, 0.717) is 16.6 Å². The fourth-order valence-corrected chi connectivity index (χ4v) is 2.31. The van der Waals surface area contributed by atoms with Gasteiger partial charge in [-0.3, -0.25) is 10.1 Å². The number of hydrogen-bond donors (Lipinski definition) is 2. The van der Waals surface area contributed by atoms with Crippen LogP contribution in [0.15, 0.2) is 18.2 Å². The van der Waals surface area contributed by atoms with Crippen molar-refractivity contribution in [3.63, 3.8) is 0 Å². The zero-order chi connectivity index (χ0) is 13.0. The van der Waals surface area contributed by atoms with Crippen molar-refractivity contribution in [3.8, 4) is 0 Å². The summed E-state index contributed by atoms with van der Waals surface area (Å²) >= 11 is 5.77. The van der Waals surface area contributed by atoms with Gasteiger partial charge in [-0.25, -0.2) is 0 Å². The maximum atomic E-state index is 10.9. The van der Waals surface area contributed by atoms with Crippen LogP contribution in [0.25, 0.3) is 0 Å². The van der Waals surface area contributed by atoms with E-state index in [0.717, 1.165) is 32.5 Å². The molecule has 1 aliphatic heterocycles. The molecule has 1 heterocycles. The molecule has 0 saturated carbocycles. The predicted octanol–water partition coefficient (Wildman–Crippen LogP) is 2.66. The monoisotopic (exact) mass is 269 g/mol. The maximum Gasteiger partial charge on any atom is 0.293 e. The summed E-state index contributed by atoms with van der Waals surface area (Å²) < 4.78 is 0. The van der Waals surface area contributed by atoms with Crippen LogP contribution in [0.5, 0.6) is 0 Å². The summed E-state index contributed by atoms with van der Waals surface area (Å²) in [5, 5.41) is 17.8. The molecule has 0 unspecified atom stereocenters. The molecule has 1 saturated heterocycles. The van der Waals surface area contributed by atoms with Gasteiger partial charge < -0.3 is 10.6 Å². The molecule has 2 N–H and O–H groups in total. The molecule has 2 rings (SSSR count). The summed E-state index contributed by atoms with van der Waals surface area (Å²) in [6, 6.07) is 4.72. The smallest absolute Gasteiger partial charge is 0.293 e. The molecule has 0 radical (unpaired) electrons. The number of piperidine rings is 1. The number of rotatable bonds is 4. The largest absolute Gasteiger partial charge is 0.379 e. The van der Waals surface area contributed by atoms with Gasteiger partial charge >= 0.3 is 0 Å². The van der Waals surface area contributed by atoms with Gasteiger partial charge in [-0.15, -0.1) is 0 Å². The summed E-state index contributed by atoms with van der Waals surface area (Å²) in [4.78, 5) is 10.5. The third-order valence-electron chi connectivity index (χ3n) is 3.20. The minimum Gasteiger partial charge on any atom is -0.379 e. The molecule has 0 amide bonds. The van der Waals surface area contributed by atoms with Gasteiger partial charge in [-0.05, 0) is 44.0 Å². The van der Waals surface area contributed by atoms with Crippen molar-refractivity contribution in [1.82, 2.24) is 5.32 Å². The number of nitrogens with zero attached hydrogens (tertiary/aromatic N) is 1. The van der Waals surface area contributed by atoms with Gasteiger partial charge in [0.15, 0.2) is 0 Å². The average molecular weight is 270 g/mol. The Balaban J connectivity index is 2.01. The molecule has 1 aromatic carbocycles. The molecular weight excluding hydrogens is 254 g/mol. The van der Waals surface area contributed by atoms with Crippen molar-refractivity contribution in [2.75, 3.05) is 25.0 Å². The SMILES string of the molecule is O=[N+]([O-])c1cc(Cl)ccc1NCC1CCNCC1. The lowest BCUT2D eigenvalue weighted by Gasteiger charge is -2.23. The van der Waals surface area contributed by atoms with E-state index in [-0.39, 0.29) is 5.69 Å². The van der Waals surface area contributed by atoms with E-state index < -0.39 is 4.92 Å². The molecule has 0 spiro atoms. The lowest BCUT2D eigenvalue weighted by molar-refractivity contribution is -0.383. The van der Waals surface area contributed by atoms with E-state index in [1.54, 1.807) is 12.1 Å². The molecule has 1 fully saturated rings. The van der Waals surface area contributed by atoms with Crippen LogP contribution in [-0.4, -0.2) is 24.6 Å². The number of anilines is 1. The summed E-state index contributed by atoms with van der Waals surface area (Å²) in [5.41, 5.74) is 0.583. The van der Waals surface area contributed by atoms with Gasteiger partial charge in [-0.2, -0.15) is 0 Å². The molecule has 18 heavy (non-hydrogen) atoms. The van der Waals surface area contributed by atoms with E-state index in [1.165, 1.54) is 6.07 Å². The van der Waals surface area contributed by atoms with Gasteiger partial charge in [0, 0.05) is 17.6 Å². The Morgan fingerprint density at radius 2 is 2.17 bits per heavy atom. The molecule has 0 bridgehead atoms. The molecule has 1 aromatic rings. The quantitative estimate of drug-likeness (QED) is 0.651. The molecule has 6 heteroatoms. The number of nitro benzene ring substituents is 1. The highest BCUT2D eigenvalue weighted by Gasteiger charge is 2.17. The number of hydrogen-bond acceptors (Lipinski definition) is 4. The first-order chi connectivity index (χ1) is 8.66. The van der Waals surface area contributed by atoms with Crippen LogP contribution >= 0.6 is 11.6 Å². The van der Waals surface area contributed by atoms with Crippen molar-refractivity contribution < 1.29 is 4.92 Å². The Hall–Kier alpha value is -1.33. The molecule has 1 aliphatic rings. The van der Waals surface area contributed by atoms with E-state index in [2.05, 4.69) is 10.6 Å². The first kappa shape index (κ1) is 13.1. The van der Waals surface area contributed by atoms with Crippen molar-refractivity contribution in [2.24, 2.45) is 5.92 Å². The number of nitrogens with one attached hydrogen (secondary N) is 2. The van der Waals surface area contributed by atoms with E-state index >= 15 is 0 Å². The number of nitro groups is 1. The average Bonchev–Trinajstić information content (AvgIpc) is 2.38. The Labute approximate surface area is 111 Å². The summed E-state index contributed by atoms with van der Waals surface area (Å²) in [5.74, 6) is 0.571. The second-order valence-electron chi connectivity index (χ2n) is 4.49. The van der Waals surface area contributed by atoms with Crippen LogP contribution < -0.4 is 10.6 Å². The zero-order valence-electron chi connectivity index (χ0n) is 9.99. The fraction of sp³-hybridized carbons (Fsp3) is 0.500. The highest BCUT2D eigenvalue weighted by Crippen LogP contribution is 2.28. The summed E-state index contributed by atoms with van der Waals surface area (Å²) in [6.07, 6.45) is 2.21. The molecule has 0 aromatic heterocycles. The minimum absolute atomic E-state index is 0.0384. The van der Waals surface area contributed by atoms with E-state index in [4.69, 9.17) is 11.6 Å². The first-order valence-corrected chi connectivity index (χ1v) is 6.43. The topological polar surface area (TPSA) is 67.2 Å². The Morgan fingerprint density at radius 3 is 2.83 bits per heavy atom. The predicted molar refractivity (Wildman–Crippen MR) is 72.2 cm³/mol. The van der Waals surface area contributed by atoms with Crippen molar-refractivity contribution >= 4 is 23.0 Å². The Kier molecular flexibility index (Phi) is 4.38. The normalized spacial score (nSPS) is 16.5. The van der Waals surface area contributed by atoms with Crippen molar-refractivity contribution in [2.45, 2.75) is 12.8 Å². The highest BCUT2D eigenvalue weighted by atomic mass is 35.5. The second kappa shape index (κ2) is 6.02. The van der Waals surface area contributed by atoms with Crippen molar-refractivity contribution in [3.05, 3.63) is 33.3 Å². The Morgan fingerprint density at radius 1 is 1.44 bits per heavy atom. The molecule has 0 aliphatic carbocycles. The van der Waals surface area contributed by atoms with Crippen LogP contribution in [0.2, 0.25) is 5.02 Å². The fourth-order valence-electron chi connectivity index (χ4n) is 2.15. The van der Waals surface area contributed by atoms with Gasteiger partial charge in [0.25, 0.3) is 5.69 Å². The maximum absolute atomic E-state index is 10.9. The first-order valence-electron chi connectivity index (χ1n) is 6.05. The second-order valence-corrected chi connectivity index (χ2v) is 4.93. The van der Waals surface area contributed by atoms with E-state index in [9.17, 15) is 10.1 Å². The van der Waals surface area contributed by atoms with Crippen molar-refractivity contribution in [1.29, 1.82) is 0 Å². The van der Waals surface area contributed by atoms with Crippen LogP contribution in [0, 0.1) is 16.0 Å². The molecule has 98 valence electrons.